The topological polar surface area (TPSA) is 87.6 Å². The Hall–Kier alpha value is -2.50. The molecule has 6 nitrogen and oxygen atoms in total. The van der Waals surface area contributed by atoms with Gasteiger partial charge in [0.05, 0.1) is 6.21 Å². The van der Waals surface area contributed by atoms with Crippen LogP contribution in [0, 0.1) is 0 Å². The van der Waals surface area contributed by atoms with E-state index in [1.807, 2.05) is 0 Å². The lowest BCUT2D eigenvalue weighted by atomic mass is 10.1. The lowest BCUT2D eigenvalue weighted by Crippen LogP contribution is -2.20. The van der Waals surface area contributed by atoms with E-state index < -0.39 is 5.91 Å². The minimum Gasteiger partial charge on any atom is -0.355 e. The summed E-state index contributed by atoms with van der Waals surface area (Å²) >= 11 is 0. The van der Waals surface area contributed by atoms with E-state index in [1.165, 1.54) is 38.2 Å². The number of carbonyl (C=O) groups excluding carboxylic acids is 3. The van der Waals surface area contributed by atoms with Gasteiger partial charge in [0.25, 0.3) is 11.8 Å². The van der Waals surface area contributed by atoms with Crippen molar-refractivity contribution >= 4 is 23.8 Å². The van der Waals surface area contributed by atoms with Gasteiger partial charge in [-0.2, -0.15) is 5.10 Å². The predicted octanol–water partition coefficient (Wildman–Crippen LogP) is 0.351. The largest absolute Gasteiger partial charge is 0.355 e. The molecule has 1 aromatic carbocycles. The highest BCUT2D eigenvalue weighted by molar-refractivity contribution is 6.26. The Morgan fingerprint density at radius 1 is 1.06 bits per heavy atom. The van der Waals surface area contributed by atoms with Crippen molar-refractivity contribution in [1.29, 1.82) is 0 Å². The van der Waals surface area contributed by atoms with Crippen LogP contribution in [0.5, 0.6) is 0 Å². The van der Waals surface area contributed by atoms with Crippen molar-refractivity contribution in [2.24, 2.45) is 5.10 Å². The highest BCUT2D eigenvalue weighted by Gasteiger charge is 2.06. The van der Waals surface area contributed by atoms with Gasteiger partial charge in [-0.05, 0) is 24.3 Å². The van der Waals surface area contributed by atoms with E-state index in [-0.39, 0.29) is 11.7 Å². The molecule has 6 heteroatoms. The number of hydrogen-bond acceptors (Lipinski definition) is 4. The van der Waals surface area contributed by atoms with E-state index in [4.69, 9.17) is 0 Å². The molecule has 0 saturated heterocycles. The van der Waals surface area contributed by atoms with Crippen LogP contribution in [-0.4, -0.2) is 30.9 Å². The van der Waals surface area contributed by atoms with E-state index in [0.717, 1.165) is 6.21 Å². The van der Waals surface area contributed by atoms with Crippen LogP contribution in [0.4, 0.5) is 0 Å². The zero-order valence-corrected chi connectivity index (χ0v) is 10.1. The van der Waals surface area contributed by atoms with Crippen LogP contribution in [0.25, 0.3) is 0 Å². The van der Waals surface area contributed by atoms with Gasteiger partial charge in [0.15, 0.2) is 5.78 Å². The Bertz CT molecular complexity index is 492. The molecule has 0 fully saturated rings. The van der Waals surface area contributed by atoms with E-state index in [9.17, 15) is 14.4 Å². The quantitative estimate of drug-likeness (QED) is 0.594. The van der Waals surface area contributed by atoms with E-state index >= 15 is 0 Å². The van der Waals surface area contributed by atoms with E-state index in [1.54, 1.807) is 0 Å². The van der Waals surface area contributed by atoms with Gasteiger partial charge < -0.3 is 5.32 Å². The van der Waals surface area contributed by atoms with Gasteiger partial charge in [0.2, 0.25) is 0 Å². The summed E-state index contributed by atoms with van der Waals surface area (Å²) in [6.45, 7) is 1.33. The first-order valence-corrected chi connectivity index (χ1v) is 5.20. The molecule has 2 N–H and O–H groups in total. The highest BCUT2D eigenvalue weighted by Crippen LogP contribution is 2.04. The molecule has 0 aliphatic rings. The molecule has 0 saturated carbocycles. The van der Waals surface area contributed by atoms with Gasteiger partial charge in [-0.25, -0.2) is 5.43 Å². The fourth-order valence-electron chi connectivity index (χ4n) is 1.16. The Kier molecular flexibility index (Phi) is 4.74. The second-order valence-corrected chi connectivity index (χ2v) is 3.47. The van der Waals surface area contributed by atoms with E-state index in [0.29, 0.717) is 11.1 Å². The fraction of sp³-hybridized carbons (Fsp3) is 0.167. The second-order valence-electron chi connectivity index (χ2n) is 3.47. The Morgan fingerprint density at radius 3 is 2.00 bits per heavy atom. The first-order valence-electron chi connectivity index (χ1n) is 5.20. The zero-order chi connectivity index (χ0) is 13.5. The average Bonchev–Trinajstić information content (AvgIpc) is 2.37. The van der Waals surface area contributed by atoms with Crippen LogP contribution in [0.2, 0.25) is 0 Å². The Labute approximate surface area is 104 Å². The van der Waals surface area contributed by atoms with Crippen molar-refractivity contribution in [1.82, 2.24) is 10.7 Å². The van der Waals surface area contributed by atoms with Crippen LogP contribution in [-0.2, 0) is 4.79 Å². The second kappa shape index (κ2) is 6.29. The van der Waals surface area contributed by atoms with Gasteiger partial charge in [0.1, 0.15) is 0 Å². The van der Waals surface area contributed by atoms with Gasteiger partial charge >= 0.3 is 0 Å². The monoisotopic (exact) mass is 247 g/mol. The number of rotatable bonds is 4. The zero-order valence-electron chi connectivity index (χ0n) is 10.1. The molecule has 0 aliphatic heterocycles. The molecule has 1 aromatic rings. The third-order valence-electron chi connectivity index (χ3n) is 2.05. The first-order chi connectivity index (χ1) is 8.54. The van der Waals surface area contributed by atoms with Gasteiger partial charge in [-0.3, -0.25) is 14.4 Å². The normalized spacial score (nSPS) is 10.1. The standard InChI is InChI=1S/C12H13N3O3/c1-8(16)7-14-15-12(18)10-5-3-9(4-6-10)11(17)13-2/h3-7H,1-2H3,(H,13,17)(H,15,18)/b14-7-. The average molecular weight is 247 g/mol. The smallest absolute Gasteiger partial charge is 0.271 e. The number of Topliss-reactive ketones (excluding diaryl/α,β-unsaturated/α-hetero) is 1. The molecule has 0 unspecified atom stereocenters. The maximum atomic E-state index is 11.5. The number of hydrazone groups is 1. The molecule has 0 radical (unpaired) electrons. The molecular formula is C12H13N3O3. The summed E-state index contributed by atoms with van der Waals surface area (Å²) in [6.07, 6.45) is 1.01. The van der Waals surface area contributed by atoms with Crippen LogP contribution >= 0.6 is 0 Å². The minimum atomic E-state index is -0.448. The molecule has 0 bridgehead atoms. The summed E-state index contributed by atoms with van der Waals surface area (Å²) < 4.78 is 0. The van der Waals surface area contributed by atoms with Crippen LogP contribution < -0.4 is 10.7 Å². The third-order valence-corrected chi connectivity index (χ3v) is 2.05. The van der Waals surface area contributed by atoms with Crippen molar-refractivity contribution in [2.75, 3.05) is 7.05 Å². The molecular weight excluding hydrogens is 234 g/mol. The molecule has 0 atom stereocenters. The molecule has 1 rings (SSSR count). The van der Waals surface area contributed by atoms with Crippen molar-refractivity contribution in [3.05, 3.63) is 35.4 Å². The summed E-state index contributed by atoms with van der Waals surface area (Å²) in [5, 5.41) is 5.94. The number of nitrogens with zero attached hydrogens (tertiary/aromatic N) is 1. The Morgan fingerprint density at radius 2 is 1.56 bits per heavy atom. The molecule has 0 heterocycles. The van der Waals surface area contributed by atoms with Crippen LogP contribution in [0.3, 0.4) is 0 Å². The SMILES string of the molecule is CNC(=O)c1ccc(C(=O)N/N=C\C(C)=O)cc1. The molecule has 0 aromatic heterocycles. The van der Waals surface area contributed by atoms with Crippen LogP contribution in [0.1, 0.15) is 27.6 Å². The van der Waals surface area contributed by atoms with Crippen molar-refractivity contribution < 1.29 is 14.4 Å². The summed E-state index contributed by atoms with van der Waals surface area (Å²) in [6, 6.07) is 6.07. The first kappa shape index (κ1) is 13.6. The minimum absolute atomic E-state index is 0.225. The van der Waals surface area contributed by atoms with Gasteiger partial charge in [-0.15, -0.1) is 0 Å². The van der Waals surface area contributed by atoms with Gasteiger partial charge in [0, 0.05) is 25.1 Å². The number of benzene rings is 1. The van der Waals surface area contributed by atoms with E-state index in [2.05, 4.69) is 15.8 Å². The molecule has 0 aliphatic carbocycles. The summed E-state index contributed by atoms with van der Waals surface area (Å²) in [7, 11) is 1.53. The number of amides is 2. The van der Waals surface area contributed by atoms with Crippen molar-refractivity contribution in [3.8, 4) is 0 Å². The number of carbonyl (C=O) groups is 3. The maximum absolute atomic E-state index is 11.5. The number of hydrogen-bond donors (Lipinski definition) is 2. The molecule has 2 amide bonds. The predicted molar refractivity (Wildman–Crippen MR) is 66.5 cm³/mol. The lowest BCUT2D eigenvalue weighted by Gasteiger charge is -2.02. The summed E-state index contributed by atoms with van der Waals surface area (Å²) in [5.41, 5.74) is 3.01. The van der Waals surface area contributed by atoms with Crippen molar-refractivity contribution in [2.45, 2.75) is 6.92 Å². The molecule has 18 heavy (non-hydrogen) atoms. The van der Waals surface area contributed by atoms with Crippen molar-refractivity contribution in [3.63, 3.8) is 0 Å². The number of ketones is 1. The lowest BCUT2D eigenvalue weighted by molar-refractivity contribution is -0.110. The summed E-state index contributed by atoms with van der Waals surface area (Å²) in [4.78, 5) is 33.4. The molecule has 0 spiro atoms. The molecule has 94 valence electrons. The third kappa shape index (κ3) is 3.82. The Balaban J connectivity index is 2.70. The highest BCUT2D eigenvalue weighted by atomic mass is 16.2. The van der Waals surface area contributed by atoms with Gasteiger partial charge in [-0.1, -0.05) is 0 Å². The fourth-order valence-corrected chi connectivity index (χ4v) is 1.16. The maximum Gasteiger partial charge on any atom is 0.271 e. The summed E-state index contributed by atoms with van der Waals surface area (Å²) in [5.74, 6) is -0.933. The van der Waals surface area contributed by atoms with Crippen LogP contribution in [0.15, 0.2) is 29.4 Å². The number of nitrogens with one attached hydrogen (secondary N) is 2.